The minimum Gasteiger partial charge on any atom is -0.481 e. The maximum atomic E-state index is 12.4. The van der Waals surface area contributed by atoms with Crippen LogP contribution < -0.4 is 4.74 Å². The molecule has 1 amide bonds. The van der Waals surface area contributed by atoms with Gasteiger partial charge in [0.1, 0.15) is 17.3 Å². The third kappa shape index (κ3) is 3.98. The number of carbonyl (C=O) groups excluding carboxylic acids is 2. The maximum Gasteiger partial charge on any atom is 0.410 e. The lowest BCUT2D eigenvalue weighted by Gasteiger charge is -2.24. The number of carbonyl (C=O) groups is 2. The number of esters is 1. The van der Waals surface area contributed by atoms with E-state index in [0.717, 1.165) is 0 Å². The summed E-state index contributed by atoms with van der Waals surface area (Å²) in [6, 6.07) is 0. The van der Waals surface area contributed by atoms with Gasteiger partial charge in [-0.25, -0.2) is 14.3 Å². The average molecular weight is 339 g/mol. The van der Waals surface area contributed by atoms with Gasteiger partial charge in [0.05, 0.1) is 19.3 Å². The van der Waals surface area contributed by atoms with E-state index in [0.29, 0.717) is 36.6 Å². The fourth-order valence-corrected chi connectivity index (χ4v) is 2.63. The Bertz CT molecular complexity index is 632. The molecule has 8 heteroatoms. The van der Waals surface area contributed by atoms with Crippen LogP contribution in [0.5, 0.6) is 5.88 Å². The summed E-state index contributed by atoms with van der Waals surface area (Å²) in [4.78, 5) is 26.0. The Balaban J connectivity index is 1.99. The van der Waals surface area contributed by atoms with E-state index in [-0.39, 0.29) is 6.10 Å². The SMILES string of the molecule is COc1c(C(=O)O[C@@H]2CCN(C(=O)OC(C)(C)C)C2)c(C)nn1C. The first-order valence-corrected chi connectivity index (χ1v) is 7.89. The third-order valence-corrected chi connectivity index (χ3v) is 3.64. The maximum absolute atomic E-state index is 12.4. The first-order chi connectivity index (χ1) is 11.1. The summed E-state index contributed by atoms with van der Waals surface area (Å²) in [5.74, 6) is -0.131. The predicted molar refractivity (Wildman–Crippen MR) is 86.1 cm³/mol. The van der Waals surface area contributed by atoms with Gasteiger partial charge in [-0.1, -0.05) is 0 Å². The minimum atomic E-state index is -0.550. The molecule has 0 aliphatic carbocycles. The van der Waals surface area contributed by atoms with Gasteiger partial charge < -0.3 is 19.1 Å². The molecule has 0 radical (unpaired) electrons. The van der Waals surface area contributed by atoms with Crippen LogP contribution in [0.3, 0.4) is 0 Å². The monoisotopic (exact) mass is 339 g/mol. The van der Waals surface area contributed by atoms with Crippen molar-refractivity contribution < 1.29 is 23.8 Å². The fourth-order valence-electron chi connectivity index (χ4n) is 2.63. The Morgan fingerprint density at radius 2 is 1.96 bits per heavy atom. The molecule has 1 aliphatic rings. The number of ether oxygens (including phenoxy) is 3. The number of methoxy groups -OCH3 is 1. The molecule has 1 atom stereocenters. The molecule has 1 aromatic heterocycles. The molecule has 0 saturated carbocycles. The van der Waals surface area contributed by atoms with Crippen molar-refractivity contribution in [1.82, 2.24) is 14.7 Å². The van der Waals surface area contributed by atoms with E-state index >= 15 is 0 Å². The molecule has 1 saturated heterocycles. The first-order valence-electron chi connectivity index (χ1n) is 7.89. The van der Waals surface area contributed by atoms with Gasteiger partial charge in [-0.3, -0.25) is 0 Å². The van der Waals surface area contributed by atoms with Gasteiger partial charge in [0.15, 0.2) is 0 Å². The van der Waals surface area contributed by atoms with Crippen LogP contribution in [0.15, 0.2) is 0 Å². The molecule has 134 valence electrons. The highest BCUT2D eigenvalue weighted by atomic mass is 16.6. The Hall–Kier alpha value is -2.25. The summed E-state index contributed by atoms with van der Waals surface area (Å²) in [7, 11) is 3.18. The number of aryl methyl sites for hydroxylation is 2. The summed E-state index contributed by atoms with van der Waals surface area (Å²) in [5, 5.41) is 4.17. The number of hydrogen-bond acceptors (Lipinski definition) is 6. The second-order valence-corrected chi connectivity index (χ2v) is 6.84. The summed E-state index contributed by atoms with van der Waals surface area (Å²) < 4.78 is 17.6. The van der Waals surface area contributed by atoms with Gasteiger partial charge in [-0.15, -0.1) is 0 Å². The van der Waals surface area contributed by atoms with Gasteiger partial charge in [0, 0.05) is 20.0 Å². The number of nitrogens with zero attached hydrogens (tertiary/aromatic N) is 3. The number of hydrogen-bond donors (Lipinski definition) is 0. The summed E-state index contributed by atoms with van der Waals surface area (Å²) in [5.41, 5.74) is 0.309. The summed E-state index contributed by atoms with van der Waals surface area (Å²) >= 11 is 0. The zero-order valence-corrected chi connectivity index (χ0v) is 15.1. The molecule has 2 rings (SSSR count). The van der Waals surface area contributed by atoms with Crippen molar-refractivity contribution in [2.45, 2.75) is 45.8 Å². The number of aromatic nitrogens is 2. The first kappa shape index (κ1) is 18.1. The number of likely N-dealkylation sites (tertiary alicyclic amines) is 1. The quantitative estimate of drug-likeness (QED) is 0.782. The second-order valence-electron chi connectivity index (χ2n) is 6.84. The zero-order valence-electron chi connectivity index (χ0n) is 15.1. The molecule has 1 fully saturated rings. The van der Waals surface area contributed by atoms with Crippen LogP contribution in [0.25, 0.3) is 0 Å². The van der Waals surface area contributed by atoms with Crippen molar-refractivity contribution in [3.8, 4) is 5.88 Å². The Labute approximate surface area is 141 Å². The van der Waals surface area contributed by atoms with Crippen molar-refractivity contribution in [1.29, 1.82) is 0 Å². The standard InChI is InChI=1S/C16H25N3O5/c1-10-12(13(22-6)18(5)17-10)14(20)23-11-7-8-19(9-11)15(21)24-16(2,3)4/h11H,7-9H2,1-6H3/t11-/m1/s1. The van der Waals surface area contributed by atoms with E-state index in [1.165, 1.54) is 11.8 Å². The minimum absolute atomic E-state index is 0.315. The van der Waals surface area contributed by atoms with Crippen LogP contribution in [0.2, 0.25) is 0 Å². The highest BCUT2D eigenvalue weighted by Crippen LogP contribution is 2.24. The van der Waals surface area contributed by atoms with Crippen LogP contribution in [0.1, 0.15) is 43.2 Å². The van der Waals surface area contributed by atoms with Crippen LogP contribution in [-0.2, 0) is 16.5 Å². The Morgan fingerprint density at radius 1 is 1.29 bits per heavy atom. The Morgan fingerprint density at radius 3 is 2.54 bits per heavy atom. The highest BCUT2D eigenvalue weighted by molar-refractivity contribution is 5.93. The van der Waals surface area contributed by atoms with Crippen molar-refractivity contribution in [2.75, 3.05) is 20.2 Å². The van der Waals surface area contributed by atoms with E-state index in [1.807, 2.05) is 20.8 Å². The van der Waals surface area contributed by atoms with E-state index < -0.39 is 17.7 Å². The van der Waals surface area contributed by atoms with Gasteiger partial charge in [-0.2, -0.15) is 5.10 Å². The molecule has 0 aromatic carbocycles. The number of rotatable bonds is 3. The van der Waals surface area contributed by atoms with Gasteiger partial charge in [-0.05, 0) is 27.7 Å². The number of amides is 1. The fraction of sp³-hybridized carbons (Fsp3) is 0.688. The molecule has 1 aliphatic heterocycles. The van der Waals surface area contributed by atoms with E-state index in [4.69, 9.17) is 14.2 Å². The van der Waals surface area contributed by atoms with Crippen molar-refractivity contribution in [2.24, 2.45) is 7.05 Å². The average Bonchev–Trinajstić information content (AvgIpc) is 3.00. The van der Waals surface area contributed by atoms with E-state index in [2.05, 4.69) is 5.10 Å². The van der Waals surface area contributed by atoms with E-state index in [1.54, 1.807) is 18.9 Å². The van der Waals surface area contributed by atoms with Crippen molar-refractivity contribution in [3.63, 3.8) is 0 Å². The lowest BCUT2D eigenvalue weighted by Crippen LogP contribution is -2.36. The summed E-state index contributed by atoms with van der Waals surface area (Å²) in [6.07, 6.45) is -0.183. The molecular formula is C16H25N3O5. The molecular weight excluding hydrogens is 314 g/mol. The van der Waals surface area contributed by atoms with Crippen LogP contribution in [0.4, 0.5) is 4.79 Å². The lowest BCUT2D eigenvalue weighted by molar-refractivity contribution is 0.0189. The summed E-state index contributed by atoms with van der Waals surface area (Å²) in [6.45, 7) is 7.99. The van der Waals surface area contributed by atoms with E-state index in [9.17, 15) is 9.59 Å². The zero-order chi connectivity index (χ0) is 18.1. The van der Waals surface area contributed by atoms with Gasteiger partial charge in [0.2, 0.25) is 5.88 Å². The van der Waals surface area contributed by atoms with Crippen LogP contribution in [-0.4, -0.2) is 58.6 Å². The molecule has 0 N–H and O–H groups in total. The molecule has 1 aromatic rings. The molecule has 24 heavy (non-hydrogen) atoms. The molecule has 0 unspecified atom stereocenters. The topological polar surface area (TPSA) is 82.9 Å². The predicted octanol–water partition coefficient (Wildman–Crippen LogP) is 1.90. The smallest absolute Gasteiger partial charge is 0.410 e. The molecule has 2 heterocycles. The van der Waals surface area contributed by atoms with Crippen LogP contribution in [0, 0.1) is 6.92 Å². The third-order valence-electron chi connectivity index (χ3n) is 3.64. The molecule has 0 bridgehead atoms. The largest absolute Gasteiger partial charge is 0.481 e. The van der Waals surface area contributed by atoms with Crippen molar-refractivity contribution >= 4 is 12.1 Å². The Kier molecular flexibility index (Phi) is 5.05. The second kappa shape index (κ2) is 6.70. The molecule has 0 spiro atoms. The van der Waals surface area contributed by atoms with Gasteiger partial charge in [0.25, 0.3) is 0 Å². The van der Waals surface area contributed by atoms with Gasteiger partial charge >= 0.3 is 12.1 Å². The normalized spacial score (nSPS) is 17.8. The lowest BCUT2D eigenvalue weighted by atomic mass is 10.2. The van der Waals surface area contributed by atoms with Crippen molar-refractivity contribution in [3.05, 3.63) is 11.3 Å². The highest BCUT2D eigenvalue weighted by Gasteiger charge is 2.33. The van der Waals surface area contributed by atoms with Crippen LogP contribution >= 0.6 is 0 Å². The molecule has 8 nitrogen and oxygen atoms in total.